The highest BCUT2D eigenvalue weighted by molar-refractivity contribution is 7.86. The van der Waals surface area contributed by atoms with Gasteiger partial charge in [0.05, 0.1) is 0 Å². The lowest BCUT2D eigenvalue weighted by molar-refractivity contribution is 0.231. The topological polar surface area (TPSA) is 52.7 Å². The van der Waals surface area contributed by atoms with Crippen LogP contribution in [0.3, 0.4) is 0 Å². The van der Waals surface area contributed by atoms with E-state index in [-0.39, 0.29) is 6.04 Å². The van der Waals surface area contributed by atoms with Gasteiger partial charge in [0.2, 0.25) is 0 Å². The van der Waals surface area contributed by atoms with E-state index >= 15 is 0 Å². The number of nitrogens with zero attached hydrogens (tertiary/aromatic N) is 2. The van der Waals surface area contributed by atoms with Gasteiger partial charge in [0.15, 0.2) is 0 Å². The van der Waals surface area contributed by atoms with Crippen LogP contribution in [-0.4, -0.2) is 56.3 Å². The van der Waals surface area contributed by atoms with Gasteiger partial charge in [-0.3, -0.25) is 0 Å². The zero-order valence-electron chi connectivity index (χ0n) is 11.9. The monoisotopic (exact) mass is 277 g/mol. The summed E-state index contributed by atoms with van der Waals surface area (Å²) in [6.45, 7) is 6.94. The van der Waals surface area contributed by atoms with Crippen LogP contribution in [0.1, 0.15) is 39.5 Å². The van der Waals surface area contributed by atoms with Gasteiger partial charge < -0.3 is 5.32 Å². The fourth-order valence-corrected chi connectivity index (χ4v) is 4.09. The Morgan fingerprint density at radius 3 is 2.67 bits per heavy atom. The first-order valence-corrected chi connectivity index (χ1v) is 8.37. The van der Waals surface area contributed by atoms with Crippen LogP contribution in [-0.2, 0) is 10.2 Å². The molecule has 0 amide bonds. The zero-order chi connectivity index (χ0) is 13.6. The Labute approximate surface area is 112 Å². The number of hydrogen-bond acceptors (Lipinski definition) is 3. The molecule has 0 spiro atoms. The molecule has 18 heavy (non-hydrogen) atoms. The Bertz CT molecular complexity index is 332. The van der Waals surface area contributed by atoms with Gasteiger partial charge in [-0.1, -0.05) is 20.3 Å². The summed E-state index contributed by atoms with van der Waals surface area (Å²) < 4.78 is 28.1. The van der Waals surface area contributed by atoms with Crippen molar-refractivity contribution in [3.63, 3.8) is 0 Å². The average Bonchev–Trinajstić information content (AvgIpc) is 2.37. The molecule has 1 N–H and O–H groups in total. The zero-order valence-corrected chi connectivity index (χ0v) is 12.7. The third kappa shape index (κ3) is 3.91. The van der Waals surface area contributed by atoms with Crippen molar-refractivity contribution < 1.29 is 8.42 Å². The van der Waals surface area contributed by atoms with Crippen LogP contribution in [0.25, 0.3) is 0 Å². The van der Waals surface area contributed by atoms with Gasteiger partial charge in [-0.05, 0) is 25.8 Å². The van der Waals surface area contributed by atoms with Gasteiger partial charge in [-0.25, -0.2) is 0 Å². The molecule has 108 valence electrons. The maximum Gasteiger partial charge on any atom is 0.282 e. The smallest absolute Gasteiger partial charge is 0.282 e. The summed E-state index contributed by atoms with van der Waals surface area (Å²) in [6, 6.07) is 0.114. The molecular weight excluding hydrogens is 250 g/mol. The molecular formula is C12H27N3O2S. The van der Waals surface area contributed by atoms with E-state index in [1.807, 2.05) is 13.8 Å². The molecule has 0 radical (unpaired) electrons. The molecule has 1 fully saturated rings. The average molecular weight is 277 g/mol. The van der Waals surface area contributed by atoms with Crippen LogP contribution in [0, 0.1) is 0 Å². The largest absolute Gasteiger partial charge is 0.315 e. The first-order valence-electron chi connectivity index (χ1n) is 6.97. The third-order valence-electron chi connectivity index (χ3n) is 3.43. The van der Waals surface area contributed by atoms with Crippen molar-refractivity contribution in [2.75, 3.05) is 33.2 Å². The lowest BCUT2D eigenvalue weighted by atomic mass is 10.1. The predicted molar refractivity (Wildman–Crippen MR) is 74.7 cm³/mol. The molecule has 1 unspecified atom stereocenters. The van der Waals surface area contributed by atoms with Gasteiger partial charge >= 0.3 is 0 Å². The van der Waals surface area contributed by atoms with E-state index in [0.29, 0.717) is 13.1 Å². The summed E-state index contributed by atoms with van der Waals surface area (Å²) in [5, 5.41) is 3.27. The molecule has 5 nitrogen and oxygen atoms in total. The first-order chi connectivity index (χ1) is 8.54. The third-order valence-corrected chi connectivity index (χ3v) is 5.48. The van der Waals surface area contributed by atoms with Gasteiger partial charge in [0.1, 0.15) is 0 Å². The lowest BCUT2D eigenvalue weighted by Gasteiger charge is -2.37. The summed E-state index contributed by atoms with van der Waals surface area (Å²) >= 11 is 0. The van der Waals surface area contributed by atoms with Crippen molar-refractivity contribution in [1.82, 2.24) is 13.9 Å². The minimum Gasteiger partial charge on any atom is -0.315 e. The van der Waals surface area contributed by atoms with Crippen LogP contribution < -0.4 is 5.32 Å². The summed E-state index contributed by atoms with van der Waals surface area (Å²) in [5.74, 6) is 0. The molecule has 1 saturated heterocycles. The van der Waals surface area contributed by atoms with Gasteiger partial charge in [0.25, 0.3) is 10.2 Å². The highest BCUT2D eigenvalue weighted by atomic mass is 32.2. The number of hydrogen-bond donors (Lipinski definition) is 1. The fraction of sp³-hybridized carbons (Fsp3) is 1.00. The van der Waals surface area contributed by atoms with Crippen LogP contribution in [0.15, 0.2) is 0 Å². The van der Waals surface area contributed by atoms with Gasteiger partial charge in [-0.2, -0.15) is 17.0 Å². The molecule has 0 saturated carbocycles. The van der Waals surface area contributed by atoms with Crippen LogP contribution in [0.2, 0.25) is 0 Å². The van der Waals surface area contributed by atoms with E-state index in [0.717, 1.165) is 38.8 Å². The molecule has 1 aliphatic heterocycles. The van der Waals surface area contributed by atoms with E-state index < -0.39 is 10.2 Å². The Morgan fingerprint density at radius 1 is 1.33 bits per heavy atom. The van der Waals surface area contributed by atoms with E-state index in [2.05, 4.69) is 5.32 Å². The highest BCUT2D eigenvalue weighted by Crippen LogP contribution is 2.21. The molecule has 0 aromatic rings. The normalized spacial score (nSPS) is 22.6. The van der Waals surface area contributed by atoms with Crippen molar-refractivity contribution in [1.29, 1.82) is 0 Å². The molecule has 0 aromatic carbocycles. The fourth-order valence-electron chi connectivity index (χ4n) is 2.40. The van der Waals surface area contributed by atoms with Crippen molar-refractivity contribution in [2.24, 2.45) is 0 Å². The predicted octanol–water partition coefficient (Wildman–Crippen LogP) is 1.04. The van der Waals surface area contributed by atoms with Crippen molar-refractivity contribution >= 4 is 10.2 Å². The van der Waals surface area contributed by atoms with E-state index in [9.17, 15) is 8.42 Å². The highest BCUT2D eigenvalue weighted by Gasteiger charge is 2.34. The molecule has 0 aromatic heterocycles. The maximum atomic E-state index is 12.5. The second kappa shape index (κ2) is 7.43. The summed E-state index contributed by atoms with van der Waals surface area (Å²) in [7, 11) is -1.60. The van der Waals surface area contributed by atoms with Crippen LogP contribution >= 0.6 is 0 Å². The van der Waals surface area contributed by atoms with Crippen molar-refractivity contribution in [3.05, 3.63) is 0 Å². The Kier molecular flexibility index (Phi) is 6.55. The minimum atomic E-state index is -3.28. The Morgan fingerprint density at radius 2 is 2.06 bits per heavy atom. The van der Waals surface area contributed by atoms with Crippen LogP contribution in [0.5, 0.6) is 0 Å². The van der Waals surface area contributed by atoms with E-state index in [4.69, 9.17) is 0 Å². The summed E-state index contributed by atoms with van der Waals surface area (Å²) in [6.07, 6.45) is 3.91. The molecule has 0 aliphatic carbocycles. The maximum absolute atomic E-state index is 12.5. The number of nitrogens with one attached hydrogen (secondary N) is 1. The number of rotatable bonds is 7. The SMILES string of the molecule is CCCN(C)S(=O)(=O)N1CCCCC1CNCC. The lowest BCUT2D eigenvalue weighted by Crippen LogP contribution is -2.52. The second-order valence-electron chi connectivity index (χ2n) is 4.90. The molecule has 1 heterocycles. The van der Waals surface area contributed by atoms with E-state index in [1.54, 1.807) is 11.4 Å². The van der Waals surface area contributed by atoms with Crippen molar-refractivity contribution in [3.8, 4) is 0 Å². The quantitative estimate of drug-likeness (QED) is 0.756. The number of piperidine rings is 1. The summed E-state index contributed by atoms with van der Waals surface area (Å²) in [4.78, 5) is 0. The first kappa shape index (κ1) is 15.9. The molecule has 0 bridgehead atoms. The summed E-state index contributed by atoms with van der Waals surface area (Å²) in [5.41, 5.74) is 0. The number of likely N-dealkylation sites (N-methyl/N-ethyl adjacent to an activating group) is 1. The van der Waals surface area contributed by atoms with Gasteiger partial charge in [0, 0.05) is 32.7 Å². The Balaban J connectivity index is 2.75. The molecule has 1 rings (SSSR count). The van der Waals surface area contributed by atoms with E-state index in [1.165, 1.54) is 4.31 Å². The molecule has 1 atom stereocenters. The van der Waals surface area contributed by atoms with Crippen molar-refractivity contribution in [2.45, 2.75) is 45.6 Å². The van der Waals surface area contributed by atoms with Crippen LogP contribution in [0.4, 0.5) is 0 Å². The molecule has 6 heteroatoms. The van der Waals surface area contributed by atoms with Gasteiger partial charge in [-0.15, -0.1) is 0 Å². The molecule has 1 aliphatic rings. The second-order valence-corrected chi connectivity index (χ2v) is 6.89. The standard InChI is InChI=1S/C12H27N3O2S/c1-4-9-14(3)18(16,17)15-10-7-6-8-12(15)11-13-5-2/h12-13H,4-11H2,1-3H3. The Hall–Kier alpha value is -0.170. The minimum absolute atomic E-state index is 0.114.